The molecule has 7 nitrogen and oxygen atoms in total. The molecule has 0 unspecified atom stereocenters. The van der Waals surface area contributed by atoms with Crippen molar-refractivity contribution in [3.63, 3.8) is 0 Å². The molecule has 2 N–H and O–H groups in total. The van der Waals surface area contributed by atoms with E-state index in [2.05, 4.69) is 41.8 Å². The molecule has 1 aliphatic rings. The van der Waals surface area contributed by atoms with Crippen LogP contribution in [-0.2, 0) is 0 Å². The highest BCUT2D eigenvalue weighted by molar-refractivity contribution is 9.11. The zero-order chi connectivity index (χ0) is 21.5. The van der Waals surface area contributed by atoms with E-state index in [1.807, 2.05) is 47.4 Å². The van der Waals surface area contributed by atoms with E-state index >= 15 is 0 Å². The second kappa shape index (κ2) is 8.14. The van der Waals surface area contributed by atoms with Crippen LogP contribution in [0, 0.1) is 0 Å². The summed E-state index contributed by atoms with van der Waals surface area (Å²) in [4.78, 5) is 14.7. The first-order valence-corrected chi connectivity index (χ1v) is 11.2. The SMILES string of the molecule is COc1ccc(N2c3cccc(-c4nc5c(Br)cc(Br)cc5[nH]4)c3OC[C@@H]2CO)nc1. The van der Waals surface area contributed by atoms with Crippen molar-refractivity contribution in [1.29, 1.82) is 0 Å². The summed E-state index contributed by atoms with van der Waals surface area (Å²) >= 11 is 7.10. The van der Waals surface area contributed by atoms with Gasteiger partial charge >= 0.3 is 0 Å². The Morgan fingerprint density at radius 3 is 2.87 bits per heavy atom. The number of rotatable bonds is 4. The smallest absolute Gasteiger partial charge is 0.154 e. The second-order valence-electron chi connectivity index (χ2n) is 7.10. The van der Waals surface area contributed by atoms with E-state index < -0.39 is 0 Å². The third kappa shape index (κ3) is 3.56. The van der Waals surface area contributed by atoms with E-state index in [-0.39, 0.29) is 12.6 Å². The number of nitrogens with one attached hydrogen (secondary N) is 1. The minimum Gasteiger partial charge on any atom is -0.495 e. The summed E-state index contributed by atoms with van der Waals surface area (Å²) in [6.07, 6.45) is 1.66. The van der Waals surface area contributed by atoms with Gasteiger partial charge in [-0.05, 0) is 52.3 Å². The highest BCUT2D eigenvalue weighted by Crippen LogP contribution is 2.44. The van der Waals surface area contributed by atoms with Crippen LogP contribution in [0.1, 0.15) is 0 Å². The van der Waals surface area contributed by atoms with Crippen molar-refractivity contribution < 1.29 is 14.6 Å². The van der Waals surface area contributed by atoms with Crippen LogP contribution < -0.4 is 14.4 Å². The van der Waals surface area contributed by atoms with Crippen molar-refractivity contribution in [3.05, 3.63) is 57.6 Å². The first-order valence-electron chi connectivity index (χ1n) is 9.60. The molecule has 1 atom stereocenters. The van der Waals surface area contributed by atoms with Gasteiger partial charge in [0.25, 0.3) is 0 Å². The number of benzene rings is 2. The van der Waals surface area contributed by atoms with Gasteiger partial charge in [0.15, 0.2) is 5.75 Å². The molecule has 0 fully saturated rings. The normalized spacial score (nSPS) is 15.6. The fraction of sp³-hybridized carbons (Fsp3) is 0.182. The number of ether oxygens (including phenoxy) is 2. The van der Waals surface area contributed by atoms with Gasteiger partial charge in [-0.1, -0.05) is 22.0 Å². The van der Waals surface area contributed by atoms with Crippen LogP contribution in [0.5, 0.6) is 11.5 Å². The van der Waals surface area contributed by atoms with Crippen molar-refractivity contribution in [2.75, 3.05) is 25.2 Å². The lowest BCUT2D eigenvalue weighted by Crippen LogP contribution is -2.43. The highest BCUT2D eigenvalue weighted by Gasteiger charge is 2.31. The van der Waals surface area contributed by atoms with Gasteiger partial charge in [0.1, 0.15) is 29.5 Å². The van der Waals surface area contributed by atoms with E-state index in [1.54, 1.807) is 13.3 Å². The summed E-state index contributed by atoms with van der Waals surface area (Å²) in [6.45, 7) is 0.257. The fourth-order valence-electron chi connectivity index (χ4n) is 3.75. The molecule has 158 valence electrons. The summed E-state index contributed by atoms with van der Waals surface area (Å²) < 4.78 is 13.2. The number of halogens is 2. The summed E-state index contributed by atoms with van der Waals surface area (Å²) in [5.74, 6) is 2.78. The predicted octanol–water partition coefficient (Wildman–Crippen LogP) is 5.05. The van der Waals surface area contributed by atoms with E-state index in [0.717, 1.165) is 31.2 Å². The number of hydrogen-bond acceptors (Lipinski definition) is 6. The Morgan fingerprint density at radius 2 is 2.13 bits per heavy atom. The minimum atomic E-state index is -0.260. The number of fused-ring (bicyclic) bond motifs is 2. The number of pyridine rings is 1. The Labute approximate surface area is 195 Å². The van der Waals surface area contributed by atoms with Gasteiger partial charge in [0.05, 0.1) is 42.7 Å². The Bertz CT molecular complexity index is 1260. The van der Waals surface area contributed by atoms with E-state index in [4.69, 9.17) is 14.5 Å². The largest absolute Gasteiger partial charge is 0.495 e. The maximum atomic E-state index is 9.98. The number of hydrogen-bond donors (Lipinski definition) is 2. The lowest BCUT2D eigenvalue weighted by Gasteiger charge is -2.37. The van der Waals surface area contributed by atoms with Crippen LogP contribution in [0.3, 0.4) is 0 Å². The molecule has 3 heterocycles. The van der Waals surface area contributed by atoms with Gasteiger partial charge in [0, 0.05) is 8.95 Å². The molecule has 0 amide bonds. The Kier molecular flexibility index (Phi) is 5.33. The first-order chi connectivity index (χ1) is 15.1. The third-order valence-electron chi connectivity index (χ3n) is 5.21. The van der Waals surface area contributed by atoms with Crippen molar-refractivity contribution in [1.82, 2.24) is 15.0 Å². The number of aliphatic hydroxyl groups excluding tert-OH is 1. The van der Waals surface area contributed by atoms with Crippen molar-refractivity contribution in [3.8, 4) is 22.9 Å². The molecule has 2 aromatic heterocycles. The number of imidazole rings is 1. The summed E-state index contributed by atoms with van der Waals surface area (Å²) in [5.41, 5.74) is 3.41. The summed E-state index contributed by atoms with van der Waals surface area (Å²) in [7, 11) is 1.60. The monoisotopic (exact) mass is 544 g/mol. The van der Waals surface area contributed by atoms with Gasteiger partial charge in [0.2, 0.25) is 0 Å². The van der Waals surface area contributed by atoms with E-state index in [9.17, 15) is 5.11 Å². The number of methoxy groups -OCH3 is 1. The number of aliphatic hydroxyl groups is 1. The van der Waals surface area contributed by atoms with Crippen molar-refractivity contribution in [2.24, 2.45) is 0 Å². The molecule has 0 radical (unpaired) electrons. The number of aromatic nitrogens is 3. The zero-order valence-electron chi connectivity index (χ0n) is 16.5. The Hall–Kier alpha value is -2.62. The molecule has 5 rings (SSSR count). The molecule has 9 heteroatoms. The number of para-hydroxylation sites is 1. The van der Waals surface area contributed by atoms with E-state index in [1.165, 1.54) is 0 Å². The molecule has 0 saturated heterocycles. The lowest BCUT2D eigenvalue weighted by molar-refractivity contribution is 0.195. The average molecular weight is 546 g/mol. The van der Waals surface area contributed by atoms with Gasteiger partial charge < -0.3 is 24.5 Å². The highest BCUT2D eigenvalue weighted by atomic mass is 79.9. The van der Waals surface area contributed by atoms with Gasteiger partial charge in [-0.25, -0.2) is 9.97 Å². The van der Waals surface area contributed by atoms with Crippen molar-refractivity contribution in [2.45, 2.75) is 6.04 Å². The standard InChI is InChI=1S/C22H18Br2N4O3/c1-30-14-5-6-19(25-9-14)28-13(10-29)11-31-21-15(3-2-4-18(21)28)22-26-17-8-12(23)7-16(24)20(17)27-22/h2-9,13,29H,10-11H2,1H3,(H,26,27)/t13-/m0/s1. The molecule has 0 saturated carbocycles. The van der Waals surface area contributed by atoms with Crippen LogP contribution in [0.4, 0.5) is 11.5 Å². The molecule has 0 spiro atoms. The first kappa shape index (κ1) is 20.3. The molecule has 31 heavy (non-hydrogen) atoms. The molecular formula is C22H18Br2N4O3. The minimum absolute atomic E-state index is 0.0665. The number of anilines is 2. The van der Waals surface area contributed by atoms with Gasteiger partial charge in [-0.15, -0.1) is 0 Å². The molecule has 0 bridgehead atoms. The second-order valence-corrected chi connectivity index (χ2v) is 8.87. The van der Waals surface area contributed by atoms with Gasteiger partial charge in [-0.3, -0.25) is 0 Å². The Morgan fingerprint density at radius 1 is 1.26 bits per heavy atom. The molecule has 0 aliphatic carbocycles. The number of aromatic amines is 1. The average Bonchev–Trinajstić information content (AvgIpc) is 3.22. The lowest BCUT2D eigenvalue weighted by atomic mass is 10.1. The molecule has 1 aliphatic heterocycles. The number of nitrogens with zero attached hydrogens (tertiary/aromatic N) is 3. The van der Waals surface area contributed by atoms with Crippen LogP contribution in [0.25, 0.3) is 22.4 Å². The third-order valence-corrected chi connectivity index (χ3v) is 6.28. The van der Waals surface area contributed by atoms with Crippen LogP contribution in [-0.4, -0.2) is 46.4 Å². The maximum absolute atomic E-state index is 9.98. The summed E-state index contributed by atoms with van der Waals surface area (Å²) in [6, 6.07) is 13.3. The van der Waals surface area contributed by atoms with E-state index in [0.29, 0.717) is 29.7 Å². The fourth-order valence-corrected chi connectivity index (χ4v) is 5.07. The topological polar surface area (TPSA) is 83.5 Å². The van der Waals surface area contributed by atoms with Crippen LogP contribution in [0.2, 0.25) is 0 Å². The predicted molar refractivity (Wildman–Crippen MR) is 126 cm³/mol. The Balaban J connectivity index is 1.64. The van der Waals surface area contributed by atoms with Crippen LogP contribution in [0.15, 0.2) is 57.6 Å². The molecule has 2 aromatic carbocycles. The zero-order valence-corrected chi connectivity index (χ0v) is 19.6. The molecular weight excluding hydrogens is 528 g/mol. The molecule has 4 aromatic rings. The van der Waals surface area contributed by atoms with Crippen molar-refractivity contribution >= 4 is 54.4 Å². The number of H-pyrrole nitrogens is 1. The quantitative estimate of drug-likeness (QED) is 0.373. The summed E-state index contributed by atoms with van der Waals surface area (Å²) in [5, 5.41) is 9.98. The van der Waals surface area contributed by atoms with Gasteiger partial charge in [-0.2, -0.15) is 0 Å². The van der Waals surface area contributed by atoms with Crippen LogP contribution >= 0.6 is 31.9 Å². The maximum Gasteiger partial charge on any atom is 0.154 e.